The summed E-state index contributed by atoms with van der Waals surface area (Å²) < 4.78 is 0. The average molecular weight is 437 g/mol. The SMILES string of the molecule is Cc1cc(Nc2nc(C)cs2)cc(C2CCCN2C(=O)c2n[nH]c3c2CCCCC3)n1. The van der Waals surface area contributed by atoms with Gasteiger partial charge in [-0.1, -0.05) is 6.42 Å². The molecule has 0 spiro atoms. The van der Waals surface area contributed by atoms with Gasteiger partial charge in [0.05, 0.1) is 17.4 Å². The number of carbonyl (C=O) groups excluding carboxylic acids is 1. The molecule has 1 aliphatic carbocycles. The smallest absolute Gasteiger partial charge is 0.275 e. The summed E-state index contributed by atoms with van der Waals surface area (Å²) in [6.45, 7) is 4.73. The van der Waals surface area contributed by atoms with Gasteiger partial charge in [-0.25, -0.2) is 4.98 Å². The summed E-state index contributed by atoms with van der Waals surface area (Å²) in [4.78, 5) is 24.8. The lowest BCUT2D eigenvalue weighted by Gasteiger charge is -2.25. The first-order valence-electron chi connectivity index (χ1n) is 11.1. The Morgan fingerprint density at radius 2 is 2.00 bits per heavy atom. The number of anilines is 2. The number of amides is 1. The fourth-order valence-electron chi connectivity index (χ4n) is 4.76. The van der Waals surface area contributed by atoms with Crippen molar-refractivity contribution in [3.8, 4) is 0 Å². The fourth-order valence-corrected chi connectivity index (χ4v) is 5.47. The Morgan fingerprint density at radius 3 is 2.84 bits per heavy atom. The minimum Gasteiger partial charge on any atom is -0.331 e. The van der Waals surface area contributed by atoms with Gasteiger partial charge < -0.3 is 10.2 Å². The molecular weight excluding hydrogens is 408 g/mol. The molecule has 3 aromatic heterocycles. The third-order valence-electron chi connectivity index (χ3n) is 6.21. The number of nitrogens with one attached hydrogen (secondary N) is 2. The molecule has 4 heterocycles. The zero-order valence-electron chi connectivity index (χ0n) is 18.1. The van der Waals surface area contributed by atoms with Crippen LogP contribution in [0, 0.1) is 13.8 Å². The Labute approximate surface area is 186 Å². The van der Waals surface area contributed by atoms with Crippen LogP contribution in [-0.4, -0.2) is 37.5 Å². The third-order valence-corrected chi connectivity index (χ3v) is 7.08. The topological polar surface area (TPSA) is 86.8 Å². The Bertz CT molecular complexity index is 1100. The number of carbonyl (C=O) groups is 1. The number of hydrogen-bond acceptors (Lipinski definition) is 6. The second kappa shape index (κ2) is 8.42. The van der Waals surface area contributed by atoms with Crippen molar-refractivity contribution in [3.05, 3.63) is 51.5 Å². The van der Waals surface area contributed by atoms with Crippen LogP contribution in [0.1, 0.15) is 77.0 Å². The van der Waals surface area contributed by atoms with E-state index in [1.807, 2.05) is 30.2 Å². The molecule has 1 fully saturated rings. The van der Waals surface area contributed by atoms with Gasteiger partial charge in [0.2, 0.25) is 0 Å². The zero-order chi connectivity index (χ0) is 21.4. The van der Waals surface area contributed by atoms with Crippen LogP contribution < -0.4 is 5.32 Å². The molecule has 31 heavy (non-hydrogen) atoms. The quantitative estimate of drug-likeness (QED) is 0.570. The van der Waals surface area contributed by atoms with Crippen LogP contribution in [0.5, 0.6) is 0 Å². The molecule has 0 bridgehead atoms. The zero-order valence-corrected chi connectivity index (χ0v) is 18.9. The maximum absolute atomic E-state index is 13.5. The van der Waals surface area contributed by atoms with Crippen molar-refractivity contribution in [1.82, 2.24) is 25.1 Å². The van der Waals surface area contributed by atoms with Crippen LogP contribution in [0.25, 0.3) is 0 Å². The molecular formula is C23H28N6OS. The van der Waals surface area contributed by atoms with Crippen molar-refractivity contribution >= 4 is 28.1 Å². The van der Waals surface area contributed by atoms with E-state index >= 15 is 0 Å². The highest BCUT2D eigenvalue weighted by Crippen LogP contribution is 2.35. The molecule has 8 heteroatoms. The van der Waals surface area contributed by atoms with Crippen LogP contribution in [-0.2, 0) is 12.8 Å². The highest BCUT2D eigenvalue weighted by molar-refractivity contribution is 7.13. The molecule has 2 aliphatic rings. The number of thiazole rings is 1. The van der Waals surface area contributed by atoms with Crippen molar-refractivity contribution in [2.24, 2.45) is 0 Å². The number of nitrogens with zero attached hydrogens (tertiary/aromatic N) is 4. The van der Waals surface area contributed by atoms with E-state index in [9.17, 15) is 4.79 Å². The van der Waals surface area contributed by atoms with Gasteiger partial charge in [-0.05, 0) is 64.5 Å². The molecule has 7 nitrogen and oxygen atoms in total. The molecule has 0 saturated carbocycles. The molecule has 1 amide bonds. The molecule has 1 aliphatic heterocycles. The van der Waals surface area contributed by atoms with Gasteiger partial charge in [-0.2, -0.15) is 5.10 Å². The number of fused-ring (bicyclic) bond motifs is 1. The minimum absolute atomic E-state index is 0.0240. The van der Waals surface area contributed by atoms with Crippen molar-refractivity contribution in [1.29, 1.82) is 0 Å². The first kappa shape index (κ1) is 20.2. The van der Waals surface area contributed by atoms with E-state index < -0.39 is 0 Å². The Balaban J connectivity index is 1.41. The van der Waals surface area contributed by atoms with Gasteiger partial charge >= 0.3 is 0 Å². The van der Waals surface area contributed by atoms with Crippen molar-refractivity contribution in [2.75, 3.05) is 11.9 Å². The number of pyridine rings is 1. The van der Waals surface area contributed by atoms with Gasteiger partial charge in [0.15, 0.2) is 10.8 Å². The normalized spacial score (nSPS) is 18.6. The van der Waals surface area contributed by atoms with Crippen LogP contribution in [0.15, 0.2) is 17.5 Å². The molecule has 1 unspecified atom stereocenters. The summed E-state index contributed by atoms with van der Waals surface area (Å²) in [7, 11) is 0. The summed E-state index contributed by atoms with van der Waals surface area (Å²) in [5.74, 6) is 0.0373. The molecule has 162 valence electrons. The predicted octanol–water partition coefficient (Wildman–Crippen LogP) is 4.87. The number of aromatic nitrogens is 4. The molecule has 5 rings (SSSR count). The first-order valence-corrected chi connectivity index (χ1v) is 12.0. The summed E-state index contributed by atoms with van der Waals surface area (Å²) in [6, 6.07) is 4.06. The maximum atomic E-state index is 13.5. The summed E-state index contributed by atoms with van der Waals surface area (Å²) >= 11 is 1.59. The van der Waals surface area contributed by atoms with E-state index in [1.165, 1.54) is 6.42 Å². The Morgan fingerprint density at radius 1 is 1.13 bits per heavy atom. The fraction of sp³-hybridized carbons (Fsp3) is 0.478. The van der Waals surface area contributed by atoms with Gasteiger partial charge in [0.1, 0.15) is 0 Å². The Kier molecular flexibility index (Phi) is 5.48. The van der Waals surface area contributed by atoms with Crippen LogP contribution >= 0.6 is 11.3 Å². The molecule has 3 aromatic rings. The van der Waals surface area contributed by atoms with Gasteiger partial charge in [-0.3, -0.25) is 14.9 Å². The molecule has 0 aromatic carbocycles. The molecule has 0 radical (unpaired) electrons. The number of likely N-dealkylation sites (tertiary alicyclic amines) is 1. The van der Waals surface area contributed by atoms with E-state index in [-0.39, 0.29) is 11.9 Å². The van der Waals surface area contributed by atoms with Crippen molar-refractivity contribution < 1.29 is 4.79 Å². The van der Waals surface area contributed by atoms with Gasteiger partial charge in [-0.15, -0.1) is 11.3 Å². The van der Waals surface area contributed by atoms with E-state index in [4.69, 9.17) is 4.98 Å². The standard InChI is InChI=1S/C23H28N6OS/c1-14-11-16(26-23-25-15(2)13-31-23)12-19(24-14)20-9-6-10-29(20)22(30)21-17-7-4-3-5-8-18(17)27-28-21/h11-13,20H,3-10H2,1-2H3,(H,27,28)(H,24,25,26). The largest absolute Gasteiger partial charge is 0.331 e. The third kappa shape index (κ3) is 4.08. The summed E-state index contributed by atoms with van der Waals surface area (Å²) in [5.41, 5.74) is 6.73. The van der Waals surface area contributed by atoms with Crippen LogP contribution in [0.3, 0.4) is 0 Å². The van der Waals surface area contributed by atoms with E-state index in [0.717, 1.165) is 84.2 Å². The lowest BCUT2D eigenvalue weighted by molar-refractivity contribution is 0.0725. The van der Waals surface area contributed by atoms with Gasteiger partial charge in [0, 0.05) is 34.6 Å². The van der Waals surface area contributed by atoms with E-state index in [1.54, 1.807) is 11.3 Å². The second-order valence-corrected chi connectivity index (χ2v) is 9.45. The lowest BCUT2D eigenvalue weighted by Crippen LogP contribution is -2.32. The van der Waals surface area contributed by atoms with Crippen molar-refractivity contribution in [3.63, 3.8) is 0 Å². The summed E-state index contributed by atoms with van der Waals surface area (Å²) in [5, 5.41) is 13.9. The van der Waals surface area contributed by atoms with Crippen LogP contribution in [0.4, 0.5) is 10.8 Å². The van der Waals surface area contributed by atoms with Gasteiger partial charge in [0.25, 0.3) is 5.91 Å². The molecule has 2 N–H and O–H groups in total. The maximum Gasteiger partial charge on any atom is 0.275 e. The van der Waals surface area contributed by atoms with E-state index in [0.29, 0.717) is 5.69 Å². The first-order chi connectivity index (χ1) is 15.1. The number of hydrogen-bond donors (Lipinski definition) is 2. The number of aryl methyl sites for hydroxylation is 3. The minimum atomic E-state index is -0.0240. The second-order valence-electron chi connectivity index (χ2n) is 8.59. The number of H-pyrrole nitrogens is 1. The lowest BCUT2D eigenvalue weighted by atomic mass is 10.1. The number of aromatic amines is 1. The molecule has 1 saturated heterocycles. The average Bonchev–Trinajstić information content (AvgIpc) is 3.44. The van der Waals surface area contributed by atoms with Crippen molar-refractivity contribution in [2.45, 2.75) is 64.8 Å². The predicted molar refractivity (Wildman–Crippen MR) is 122 cm³/mol. The summed E-state index contributed by atoms with van der Waals surface area (Å²) in [6.07, 6.45) is 7.33. The highest BCUT2D eigenvalue weighted by atomic mass is 32.1. The number of rotatable bonds is 4. The molecule has 1 atom stereocenters. The van der Waals surface area contributed by atoms with E-state index in [2.05, 4.69) is 26.6 Å². The Hall–Kier alpha value is -2.74. The monoisotopic (exact) mass is 436 g/mol. The van der Waals surface area contributed by atoms with Crippen LogP contribution in [0.2, 0.25) is 0 Å². The highest BCUT2D eigenvalue weighted by Gasteiger charge is 2.34.